The van der Waals surface area contributed by atoms with Gasteiger partial charge in [-0.3, -0.25) is 9.48 Å². The first-order valence-corrected chi connectivity index (χ1v) is 8.27. The molecular formula is C18H23N5O. The standard InChI is InChI=1S/C18H23N5O/c1-14-10-20-22(12-14)13-15(2)19-11-18(24)23-9-8-17(21-23)16-6-4-3-5-7-16/h3-7,10,12,15,19H,8-9,11,13H2,1-2H3. The number of hydrogen-bond acceptors (Lipinski definition) is 4. The number of nitrogens with zero attached hydrogens (tertiary/aromatic N) is 4. The molecule has 0 fully saturated rings. The number of carbonyl (C=O) groups excluding carboxylic acids is 1. The zero-order valence-electron chi connectivity index (χ0n) is 14.1. The third kappa shape index (κ3) is 4.08. The first-order chi connectivity index (χ1) is 11.6. The van der Waals surface area contributed by atoms with Gasteiger partial charge in [-0.25, -0.2) is 5.01 Å². The quantitative estimate of drug-likeness (QED) is 0.881. The summed E-state index contributed by atoms with van der Waals surface area (Å²) in [4.78, 5) is 12.3. The van der Waals surface area contributed by atoms with Crippen molar-refractivity contribution in [2.75, 3.05) is 13.1 Å². The highest BCUT2D eigenvalue weighted by molar-refractivity contribution is 6.02. The summed E-state index contributed by atoms with van der Waals surface area (Å²) in [6.45, 7) is 5.73. The summed E-state index contributed by atoms with van der Waals surface area (Å²) in [7, 11) is 0. The fourth-order valence-corrected chi connectivity index (χ4v) is 2.74. The van der Waals surface area contributed by atoms with E-state index in [0.717, 1.165) is 29.8 Å². The van der Waals surface area contributed by atoms with Gasteiger partial charge in [-0.2, -0.15) is 10.2 Å². The predicted octanol–water partition coefficient (Wildman–Crippen LogP) is 1.81. The van der Waals surface area contributed by atoms with Gasteiger partial charge < -0.3 is 5.32 Å². The lowest BCUT2D eigenvalue weighted by atomic mass is 10.1. The van der Waals surface area contributed by atoms with E-state index in [4.69, 9.17) is 0 Å². The van der Waals surface area contributed by atoms with E-state index in [2.05, 4.69) is 15.5 Å². The van der Waals surface area contributed by atoms with E-state index in [1.54, 1.807) is 5.01 Å². The van der Waals surface area contributed by atoms with Gasteiger partial charge in [0.25, 0.3) is 5.91 Å². The lowest BCUT2D eigenvalue weighted by Gasteiger charge is -2.16. The van der Waals surface area contributed by atoms with Gasteiger partial charge in [0.1, 0.15) is 0 Å². The van der Waals surface area contributed by atoms with E-state index in [9.17, 15) is 4.79 Å². The fraction of sp³-hybridized carbons (Fsp3) is 0.389. The average Bonchev–Trinajstić information content (AvgIpc) is 3.23. The Morgan fingerprint density at radius 2 is 2.12 bits per heavy atom. The van der Waals surface area contributed by atoms with Gasteiger partial charge in [0.15, 0.2) is 0 Å². The number of benzene rings is 1. The molecule has 1 amide bonds. The van der Waals surface area contributed by atoms with Crippen molar-refractivity contribution in [3.63, 3.8) is 0 Å². The second-order valence-electron chi connectivity index (χ2n) is 6.20. The minimum absolute atomic E-state index is 0.00410. The summed E-state index contributed by atoms with van der Waals surface area (Å²) in [6.07, 6.45) is 4.64. The largest absolute Gasteiger partial charge is 0.304 e. The molecule has 0 saturated heterocycles. The first-order valence-electron chi connectivity index (χ1n) is 8.27. The van der Waals surface area contributed by atoms with Gasteiger partial charge in [-0.05, 0) is 25.0 Å². The van der Waals surface area contributed by atoms with Crippen LogP contribution in [0.15, 0.2) is 47.8 Å². The summed E-state index contributed by atoms with van der Waals surface area (Å²) < 4.78 is 1.89. The smallest absolute Gasteiger partial charge is 0.256 e. The molecule has 6 heteroatoms. The van der Waals surface area contributed by atoms with Crippen LogP contribution in [0.4, 0.5) is 0 Å². The average molecular weight is 325 g/mol. The zero-order valence-corrected chi connectivity index (χ0v) is 14.1. The van der Waals surface area contributed by atoms with E-state index in [0.29, 0.717) is 6.54 Å². The fourth-order valence-electron chi connectivity index (χ4n) is 2.74. The number of hydrazone groups is 1. The molecule has 126 valence electrons. The summed E-state index contributed by atoms with van der Waals surface area (Å²) in [5.74, 6) is 0.00410. The molecule has 1 aliphatic rings. The zero-order chi connectivity index (χ0) is 16.9. The molecule has 1 unspecified atom stereocenters. The van der Waals surface area contributed by atoms with E-state index in [1.165, 1.54) is 0 Å². The Balaban J connectivity index is 1.49. The van der Waals surface area contributed by atoms with Crippen molar-refractivity contribution in [2.45, 2.75) is 32.9 Å². The Morgan fingerprint density at radius 3 is 2.83 bits per heavy atom. The van der Waals surface area contributed by atoms with Crippen LogP contribution in [0.25, 0.3) is 0 Å². The van der Waals surface area contributed by atoms with E-state index >= 15 is 0 Å². The number of amides is 1. The molecule has 2 aromatic rings. The number of nitrogens with one attached hydrogen (secondary N) is 1. The molecule has 0 saturated carbocycles. The molecule has 6 nitrogen and oxygen atoms in total. The van der Waals surface area contributed by atoms with Gasteiger partial charge in [-0.1, -0.05) is 30.3 Å². The van der Waals surface area contributed by atoms with Gasteiger partial charge >= 0.3 is 0 Å². The maximum atomic E-state index is 12.3. The van der Waals surface area contributed by atoms with Crippen LogP contribution in [0.5, 0.6) is 0 Å². The third-order valence-corrected chi connectivity index (χ3v) is 4.02. The number of hydrogen-bond donors (Lipinski definition) is 1. The Morgan fingerprint density at radius 1 is 1.33 bits per heavy atom. The lowest BCUT2D eigenvalue weighted by molar-refractivity contribution is -0.129. The molecular weight excluding hydrogens is 302 g/mol. The highest BCUT2D eigenvalue weighted by Crippen LogP contribution is 2.13. The van der Waals surface area contributed by atoms with Crippen LogP contribution in [-0.2, 0) is 11.3 Å². The van der Waals surface area contributed by atoms with E-state index in [1.807, 2.05) is 61.3 Å². The van der Waals surface area contributed by atoms with Crippen LogP contribution in [0.1, 0.15) is 24.5 Å². The van der Waals surface area contributed by atoms with Crippen molar-refractivity contribution in [2.24, 2.45) is 5.10 Å². The number of rotatable bonds is 6. The minimum atomic E-state index is 0.00410. The number of carbonyl (C=O) groups is 1. The van der Waals surface area contributed by atoms with Crippen LogP contribution in [0.3, 0.4) is 0 Å². The SMILES string of the molecule is Cc1cnn(CC(C)NCC(=O)N2CCC(c3ccccc3)=N2)c1. The maximum absolute atomic E-state index is 12.3. The summed E-state index contributed by atoms with van der Waals surface area (Å²) >= 11 is 0. The topological polar surface area (TPSA) is 62.5 Å². The predicted molar refractivity (Wildman–Crippen MR) is 93.7 cm³/mol. The molecule has 2 heterocycles. The maximum Gasteiger partial charge on any atom is 0.256 e. The van der Waals surface area contributed by atoms with Crippen molar-refractivity contribution in [3.05, 3.63) is 53.9 Å². The van der Waals surface area contributed by atoms with Crippen molar-refractivity contribution >= 4 is 11.6 Å². The second-order valence-corrected chi connectivity index (χ2v) is 6.20. The molecule has 0 aliphatic carbocycles. The van der Waals surface area contributed by atoms with Crippen LogP contribution in [0, 0.1) is 6.92 Å². The Labute approximate surface area is 142 Å². The van der Waals surface area contributed by atoms with Crippen LogP contribution in [-0.4, -0.2) is 45.5 Å². The first kappa shape index (κ1) is 16.4. The van der Waals surface area contributed by atoms with E-state index < -0.39 is 0 Å². The number of aryl methyl sites for hydroxylation is 1. The molecule has 3 rings (SSSR count). The Kier molecular flexibility index (Phi) is 5.05. The summed E-state index contributed by atoms with van der Waals surface area (Å²) in [5, 5.41) is 13.5. The second kappa shape index (κ2) is 7.40. The lowest BCUT2D eigenvalue weighted by Crippen LogP contribution is -2.39. The molecule has 24 heavy (non-hydrogen) atoms. The minimum Gasteiger partial charge on any atom is -0.304 e. The summed E-state index contributed by atoms with van der Waals surface area (Å²) in [5.41, 5.74) is 3.20. The Hall–Kier alpha value is -2.47. The van der Waals surface area contributed by atoms with Crippen molar-refractivity contribution in [3.8, 4) is 0 Å². The normalized spacial score (nSPS) is 15.4. The molecule has 1 N–H and O–H groups in total. The molecule has 1 aliphatic heterocycles. The van der Waals surface area contributed by atoms with Gasteiger partial charge in [0.2, 0.25) is 0 Å². The number of aromatic nitrogens is 2. The monoisotopic (exact) mass is 325 g/mol. The highest BCUT2D eigenvalue weighted by atomic mass is 16.2. The Bertz CT molecular complexity index is 722. The molecule has 1 aromatic carbocycles. The van der Waals surface area contributed by atoms with Crippen molar-refractivity contribution in [1.29, 1.82) is 0 Å². The molecule has 0 radical (unpaired) electrons. The van der Waals surface area contributed by atoms with Gasteiger partial charge in [-0.15, -0.1) is 0 Å². The van der Waals surface area contributed by atoms with Crippen LogP contribution < -0.4 is 5.32 Å². The molecule has 1 atom stereocenters. The molecule has 0 spiro atoms. The highest BCUT2D eigenvalue weighted by Gasteiger charge is 2.21. The van der Waals surface area contributed by atoms with E-state index in [-0.39, 0.29) is 18.5 Å². The van der Waals surface area contributed by atoms with Crippen molar-refractivity contribution < 1.29 is 4.79 Å². The molecule has 1 aromatic heterocycles. The van der Waals surface area contributed by atoms with Crippen LogP contribution >= 0.6 is 0 Å². The van der Waals surface area contributed by atoms with Crippen LogP contribution in [0.2, 0.25) is 0 Å². The summed E-state index contributed by atoms with van der Waals surface area (Å²) in [6, 6.07) is 10.2. The molecule has 0 bridgehead atoms. The third-order valence-electron chi connectivity index (χ3n) is 4.02. The van der Waals surface area contributed by atoms with Crippen molar-refractivity contribution in [1.82, 2.24) is 20.1 Å². The van der Waals surface area contributed by atoms with Gasteiger partial charge in [0.05, 0.1) is 31.5 Å². The van der Waals surface area contributed by atoms with Gasteiger partial charge in [0, 0.05) is 18.7 Å².